The third kappa shape index (κ3) is 2.39. The van der Waals surface area contributed by atoms with E-state index in [1.807, 2.05) is 48.9 Å². The molecule has 0 aliphatic carbocycles. The molecule has 0 aliphatic rings. The van der Waals surface area contributed by atoms with Crippen LogP contribution in [0.4, 0.5) is 4.39 Å². The van der Waals surface area contributed by atoms with Crippen molar-refractivity contribution in [3.63, 3.8) is 0 Å². The molecule has 0 unspecified atom stereocenters. The van der Waals surface area contributed by atoms with E-state index in [0.29, 0.717) is 6.61 Å². The number of rotatable bonds is 3. The zero-order chi connectivity index (χ0) is 14.1. The van der Waals surface area contributed by atoms with Gasteiger partial charge in [-0.3, -0.25) is 0 Å². The molecular weight excluding hydrogens is 253 g/mol. The molecule has 1 heterocycles. The van der Waals surface area contributed by atoms with Gasteiger partial charge in [-0.2, -0.15) is 0 Å². The first-order chi connectivity index (χ1) is 9.63. The number of hydrogen-bond acceptors (Lipinski definition) is 1. The van der Waals surface area contributed by atoms with Crippen LogP contribution in [0.15, 0.2) is 48.5 Å². The summed E-state index contributed by atoms with van der Waals surface area (Å²) >= 11 is 0. The molecule has 102 valence electrons. The first-order valence-corrected chi connectivity index (χ1v) is 6.57. The average Bonchev–Trinajstić information content (AvgIpc) is 2.74. The minimum Gasteiger partial charge on any atom is -0.487 e. The zero-order valence-corrected chi connectivity index (χ0v) is 11.6. The van der Waals surface area contributed by atoms with Gasteiger partial charge in [-0.05, 0) is 43.3 Å². The Morgan fingerprint density at radius 2 is 1.80 bits per heavy atom. The first kappa shape index (κ1) is 12.7. The highest BCUT2D eigenvalue weighted by Crippen LogP contribution is 2.21. The molecule has 0 radical (unpaired) electrons. The Kier molecular flexibility index (Phi) is 3.18. The number of aromatic nitrogens is 1. The zero-order valence-electron chi connectivity index (χ0n) is 11.6. The van der Waals surface area contributed by atoms with Crippen LogP contribution in [0.5, 0.6) is 5.75 Å². The molecule has 0 atom stereocenters. The van der Waals surface area contributed by atoms with E-state index in [0.717, 1.165) is 22.3 Å². The monoisotopic (exact) mass is 269 g/mol. The molecule has 0 spiro atoms. The van der Waals surface area contributed by atoms with Gasteiger partial charge < -0.3 is 9.30 Å². The predicted octanol–water partition coefficient (Wildman–Crippen LogP) is 4.20. The lowest BCUT2D eigenvalue weighted by molar-refractivity contribution is 0.297. The molecule has 3 aromatic rings. The SMILES string of the molecule is Cc1ccc(OCc2cc3cc(F)ccc3n2C)cc1. The van der Waals surface area contributed by atoms with Crippen LogP contribution in [0.3, 0.4) is 0 Å². The van der Waals surface area contributed by atoms with Crippen molar-refractivity contribution < 1.29 is 9.13 Å². The van der Waals surface area contributed by atoms with E-state index >= 15 is 0 Å². The van der Waals surface area contributed by atoms with Crippen molar-refractivity contribution in [2.45, 2.75) is 13.5 Å². The van der Waals surface area contributed by atoms with Gasteiger partial charge >= 0.3 is 0 Å². The highest BCUT2D eigenvalue weighted by atomic mass is 19.1. The van der Waals surface area contributed by atoms with Crippen molar-refractivity contribution in [1.29, 1.82) is 0 Å². The number of hydrogen-bond donors (Lipinski definition) is 0. The van der Waals surface area contributed by atoms with Crippen molar-refractivity contribution >= 4 is 10.9 Å². The predicted molar refractivity (Wildman–Crippen MR) is 78.4 cm³/mol. The Morgan fingerprint density at radius 1 is 1.05 bits per heavy atom. The molecule has 2 nitrogen and oxygen atoms in total. The molecule has 0 amide bonds. The quantitative estimate of drug-likeness (QED) is 0.695. The standard InChI is InChI=1S/C17H16FNO/c1-12-3-6-16(7-4-12)20-11-15-10-13-9-14(18)5-8-17(13)19(15)2/h3-10H,11H2,1-2H3. The fourth-order valence-corrected chi connectivity index (χ4v) is 2.31. The lowest BCUT2D eigenvalue weighted by Gasteiger charge is -2.07. The average molecular weight is 269 g/mol. The van der Waals surface area contributed by atoms with Gasteiger partial charge in [-0.1, -0.05) is 17.7 Å². The second-order valence-electron chi connectivity index (χ2n) is 5.00. The van der Waals surface area contributed by atoms with Crippen molar-refractivity contribution in [3.8, 4) is 5.75 Å². The topological polar surface area (TPSA) is 14.2 Å². The summed E-state index contributed by atoms with van der Waals surface area (Å²) in [6.45, 7) is 2.51. The molecule has 0 aliphatic heterocycles. The smallest absolute Gasteiger partial charge is 0.128 e. The van der Waals surface area contributed by atoms with Crippen molar-refractivity contribution in [2.75, 3.05) is 0 Å². The van der Waals surface area contributed by atoms with Crippen LogP contribution in [0, 0.1) is 12.7 Å². The van der Waals surface area contributed by atoms with Crippen LogP contribution in [-0.2, 0) is 13.7 Å². The van der Waals surface area contributed by atoms with Gasteiger partial charge in [-0.25, -0.2) is 4.39 Å². The van der Waals surface area contributed by atoms with Crippen LogP contribution < -0.4 is 4.74 Å². The summed E-state index contributed by atoms with van der Waals surface area (Å²) in [6.07, 6.45) is 0. The highest BCUT2D eigenvalue weighted by Gasteiger charge is 2.07. The van der Waals surface area contributed by atoms with E-state index in [9.17, 15) is 4.39 Å². The van der Waals surface area contributed by atoms with Gasteiger partial charge in [-0.15, -0.1) is 0 Å². The molecule has 0 bridgehead atoms. The van der Waals surface area contributed by atoms with Gasteiger partial charge in [0.25, 0.3) is 0 Å². The van der Waals surface area contributed by atoms with Crippen LogP contribution in [-0.4, -0.2) is 4.57 Å². The maximum Gasteiger partial charge on any atom is 0.128 e. The molecule has 0 N–H and O–H groups in total. The van der Waals surface area contributed by atoms with Gasteiger partial charge in [0, 0.05) is 18.0 Å². The number of halogens is 1. The lowest BCUT2D eigenvalue weighted by atomic mass is 10.2. The summed E-state index contributed by atoms with van der Waals surface area (Å²) in [4.78, 5) is 0. The fraction of sp³-hybridized carbons (Fsp3) is 0.176. The number of benzene rings is 2. The third-order valence-electron chi connectivity index (χ3n) is 3.51. The molecule has 2 aromatic carbocycles. The normalized spacial score (nSPS) is 10.9. The summed E-state index contributed by atoms with van der Waals surface area (Å²) in [5.74, 6) is 0.626. The molecular formula is C17H16FNO. The second kappa shape index (κ2) is 5.00. The molecule has 0 fully saturated rings. The van der Waals surface area contributed by atoms with Crippen LogP contribution in [0.2, 0.25) is 0 Å². The van der Waals surface area contributed by atoms with E-state index in [-0.39, 0.29) is 5.82 Å². The molecule has 3 heteroatoms. The maximum absolute atomic E-state index is 13.2. The molecule has 1 aromatic heterocycles. The largest absolute Gasteiger partial charge is 0.487 e. The van der Waals surface area contributed by atoms with Crippen molar-refractivity contribution in [3.05, 3.63) is 65.6 Å². The second-order valence-corrected chi connectivity index (χ2v) is 5.00. The summed E-state index contributed by atoms with van der Waals surface area (Å²) in [6, 6.07) is 14.7. The van der Waals surface area contributed by atoms with E-state index < -0.39 is 0 Å². The van der Waals surface area contributed by atoms with Crippen molar-refractivity contribution in [1.82, 2.24) is 4.57 Å². The number of fused-ring (bicyclic) bond motifs is 1. The Morgan fingerprint density at radius 3 is 2.55 bits per heavy atom. The lowest BCUT2D eigenvalue weighted by Crippen LogP contribution is -2.01. The summed E-state index contributed by atoms with van der Waals surface area (Å²) in [7, 11) is 1.97. The molecule has 3 rings (SSSR count). The van der Waals surface area contributed by atoms with Crippen molar-refractivity contribution in [2.24, 2.45) is 7.05 Å². The summed E-state index contributed by atoms with van der Waals surface area (Å²) in [5, 5.41) is 0.898. The molecule has 0 saturated heterocycles. The van der Waals surface area contributed by atoms with Gasteiger partial charge in [0.2, 0.25) is 0 Å². The van der Waals surface area contributed by atoms with E-state index in [1.54, 1.807) is 12.1 Å². The summed E-state index contributed by atoms with van der Waals surface area (Å²) < 4.78 is 21.0. The minimum absolute atomic E-state index is 0.214. The molecule has 0 saturated carbocycles. The number of ether oxygens (including phenoxy) is 1. The first-order valence-electron chi connectivity index (χ1n) is 6.57. The van der Waals surface area contributed by atoms with Gasteiger partial charge in [0.1, 0.15) is 18.2 Å². The van der Waals surface area contributed by atoms with Crippen LogP contribution in [0.25, 0.3) is 10.9 Å². The number of aryl methyl sites for hydroxylation is 2. The number of nitrogens with zero attached hydrogens (tertiary/aromatic N) is 1. The van der Waals surface area contributed by atoms with Crippen LogP contribution in [0.1, 0.15) is 11.3 Å². The highest BCUT2D eigenvalue weighted by molar-refractivity contribution is 5.81. The molecule has 20 heavy (non-hydrogen) atoms. The Balaban J connectivity index is 1.84. The fourth-order valence-electron chi connectivity index (χ4n) is 2.31. The maximum atomic E-state index is 13.2. The van der Waals surface area contributed by atoms with Crippen LogP contribution >= 0.6 is 0 Å². The van der Waals surface area contributed by atoms with E-state index in [4.69, 9.17) is 4.74 Å². The third-order valence-corrected chi connectivity index (χ3v) is 3.51. The minimum atomic E-state index is -0.214. The van der Waals surface area contributed by atoms with E-state index in [1.165, 1.54) is 11.6 Å². The Hall–Kier alpha value is -2.29. The van der Waals surface area contributed by atoms with Gasteiger partial charge in [0.05, 0.1) is 5.69 Å². The summed E-state index contributed by atoms with van der Waals surface area (Å²) in [5.41, 5.74) is 3.23. The van der Waals surface area contributed by atoms with E-state index in [2.05, 4.69) is 0 Å². The Bertz CT molecular complexity index is 744. The van der Waals surface area contributed by atoms with Gasteiger partial charge in [0.15, 0.2) is 0 Å². The Labute approximate surface area is 117 Å².